The molecule has 1 saturated heterocycles. The van der Waals surface area contributed by atoms with E-state index in [0.717, 1.165) is 17.3 Å². The molecule has 1 aromatic carbocycles. The number of rotatable bonds is 2. The summed E-state index contributed by atoms with van der Waals surface area (Å²) in [4.78, 5) is 0.368. The molecule has 0 radical (unpaired) electrons. The zero-order chi connectivity index (χ0) is 12.6. The van der Waals surface area contributed by atoms with Crippen molar-refractivity contribution in [1.29, 1.82) is 0 Å². The highest BCUT2D eigenvalue weighted by Gasteiger charge is 2.37. The van der Waals surface area contributed by atoms with Crippen LogP contribution in [0.25, 0.3) is 0 Å². The van der Waals surface area contributed by atoms with E-state index in [4.69, 9.17) is 0 Å². The Bertz CT molecular complexity index is 505. The molecule has 1 fully saturated rings. The largest absolute Gasteiger partial charge is 0.243 e. The highest BCUT2D eigenvalue weighted by molar-refractivity contribution is 9.10. The number of hydrogen-bond donors (Lipinski definition) is 0. The summed E-state index contributed by atoms with van der Waals surface area (Å²) in [6.45, 7) is 3.94. The fourth-order valence-electron chi connectivity index (χ4n) is 2.39. The van der Waals surface area contributed by atoms with Crippen molar-refractivity contribution in [1.82, 2.24) is 4.31 Å². The van der Waals surface area contributed by atoms with E-state index in [9.17, 15) is 8.42 Å². The second-order valence-corrected chi connectivity index (χ2v) is 7.33. The van der Waals surface area contributed by atoms with Gasteiger partial charge in [0, 0.05) is 16.6 Å². The number of hydrogen-bond acceptors (Lipinski definition) is 2. The second kappa shape index (κ2) is 4.71. The molecule has 3 nitrogen and oxygen atoms in total. The molecule has 17 heavy (non-hydrogen) atoms. The third kappa shape index (κ3) is 2.41. The Morgan fingerprint density at radius 3 is 2.35 bits per heavy atom. The summed E-state index contributed by atoms with van der Waals surface area (Å²) in [5, 5.41) is 0. The Hall–Kier alpha value is -0.390. The van der Waals surface area contributed by atoms with Gasteiger partial charge in [0.2, 0.25) is 10.0 Å². The minimum Gasteiger partial charge on any atom is -0.207 e. The van der Waals surface area contributed by atoms with Crippen LogP contribution < -0.4 is 0 Å². The first-order valence-electron chi connectivity index (χ1n) is 5.72. The van der Waals surface area contributed by atoms with E-state index >= 15 is 0 Å². The number of sulfonamides is 1. The maximum Gasteiger partial charge on any atom is 0.243 e. The van der Waals surface area contributed by atoms with Gasteiger partial charge in [-0.3, -0.25) is 0 Å². The monoisotopic (exact) mass is 317 g/mol. The molecule has 0 aromatic heterocycles. The highest BCUT2D eigenvalue weighted by Crippen LogP contribution is 2.31. The van der Waals surface area contributed by atoms with Crippen LogP contribution in [0.15, 0.2) is 33.6 Å². The van der Waals surface area contributed by atoms with Gasteiger partial charge >= 0.3 is 0 Å². The minimum absolute atomic E-state index is 0.0916. The molecule has 2 unspecified atom stereocenters. The van der Waals surface area contributed by atoms with Crippen molar-refractivity contribution in [2.45, 2.75) is 43.7 Å². The molecule has 0 saturated carbocycles. The van der Waals surface area contributed by atoms with Crippen molar-refractivity contribution in [2.24, 2.45) is 0 Å². The van der Waals surface area contributed by atoms with Crippen molar-refractivity contribution < 1.29 is 8.42 Å². The molecule has 0 spiro atoms. The summed E-state index contributed by atoms with van der Waals surface area (Å²) in [6, 6.07) is 7.08. The maximum atomic E-state index is 12.5. The second-order valence-electron chi connectivity index (χ2n) is 4.57. The van der Waals surface area contributed by atoms with Crippen LogP contribution in [-0.2, 0) is 10.0 Å². The van der Waals surface area contributed by atoms with E-state index in [1.165, 1.54) is 0 Å². The van der Waals surface area contributed by atoms with E-state index in [1.54, 1.807) is 22.5 Å². The quantitative estimate of drug-likeness (QED) is 0.840. The van der Waals surface area contributed by atoms with Crippen LogP contribution in [0.3, 0.4) is 0 Å². The van der Waals surface area contributed by atoms with Crippen LogP contribution >= 0.6 is 15.9 Å². The Morgan fingerprint density at radius 2 is 1.82 bits per heavy atom. The summed E-state index contributed by atoms with van der Waals surface area (Å²) in [7, 11) is -3.36. The number of nitrogens with zero attached hydrogens (tertiary/aromatic N) is 1. The number of halogens is 1. The Kier molecular flexibility index (Phi) is 3.61. The molecule has 2 rings (SSSR count). The van der Waals surface area contributed by atoms with Crippen LogP contribution in [0.4, 0.5) is 0 Å². The van der Waals surface area contributed by atoms with E-state index in [1.807, 2.05) is 19.9 Å². The van der Waals surface area contributed by atoms with Gasteiger partial charge < -0.3 is 0 Å². The van der Waals surface area contributed by atoms with Gasteiger partial charge in [0.25, 0.3) is 0 Å². The third-order valence-electron chi connectivity index (χ3n) is 3.24. The molecule has 1 aliphatic heterocycles. The van der Waals surface area contributed by atoms with Crippen LogP contribution in [0.2, 0.25) is 0 Å². The van der Waals surface area contributed by atoms with Gasteiger partial charge in [-0.05, 0) is 44.9 Å². The van der Waals surface area contributed by atoms with Crippen molar-refractivity contribution in [2.75, 3.05) is 0 Å². The third-order valence-corrected chi connectivity index (χ3v) is 5.86. The summed E-state index contributed by atoms with van der Waals surface area (Å²) < 4.78 is 27.4. The zero-order valence-corrected chi connectivity index (χ0v) is 12.3. The molecular weight excluding hydrogens is 302 g/mol. The first-order chi connectivity index (χ1) is 7.93. The van der Waals surface area contributed by atoms with Gasteiger partial charge in [-0.2, -0.15) is 4.31 Å². The predicted molar refractivity (Wildman–Crippen MR) is 71.3 cm³/mol. The fourth-order valence-corrected chi connectivity index (χ4v) is 4.87. The average molecular weight is 318 g/mol. The Balaban J connectivity index is 2.43. The van der Waals surface area contributed by atoms with E-state index in [2.05, 4.69) is 15.9 Å². The lowest BCUT2D eigenvalue weighted by molar-refractivity contribution is 0.350. The first-order valence-corrected chi connectivity index (χ1v) is 7.95. The molecule has 94 valence electrons. The highest BCUT2D eigenvalue weighted by atomic mass is 79.9. The van der Waals surface area contributed by atoms with Gasteiger partial charge in [0.1, 0.15) is 0 Å². The molecule has 0 N–H and O–H groups in total. The summed E-state index contributed by atoms with van der Waals surface area (Å²) in [5.74, 6) is 0. The predicted octanol–water partition coefficient (Wildman–Crippen LogP) is 3.01. The molecule has 1 aliphatic rings. The van der Waals surface area contributed by atoms with Crippen molar-refractivity contribution >= 4 is 26.0 Å². The van der Waals surface area contributed by atoms with Gasteiger partial charge in [0.05, 0.1) is 4.90 Å². The molecule has 5 heteroatoms. The summed E-state index contributed by atoms with van der Waals surface area (Å²) in [5.41, 5.74) is 0. The number of benzene rings is 1. The lowest BCUT2D eigenvalue weighted by atomic mass is 10.2. The van der Waals surface area contributed by atoms with Gasteiger partial charge in [-0.25, -0.2) is 8.42 Å². The standard InChI is InChI=1S/C12H16BrNO2S/c1-9-6-7-10(2)14(9)17(15,16)12-5-3-4-11(13)8-12/h3-5,8-10H,6-7H2,1-2H3. The Morgan fingerprint density at radius 1 is 1.24 bits per heavy atom. The van der Waals surface area contributed by atoms with Crippen LogP contribution in [0.5, 0.6) is 0 Å². The molecular formula is C12H16BrNO2S. The molecule has 0 aliphatic carbocycles. The van der Waals surface area contributed by atoms with Crippen LogP contribution in [0, 0.1) is 0 Å². The molecule has 0 bridgehead atoms. The van der Waals surface area contributed by atoms with E-state index in [0.29, 0.717) is 4.90 Å². The molecule has 2 atom stereocenters. The lowest BCUT2D eigenvalue weighted by Gasteiger charge is -2.25. The molecule has 1 heterocycles. The van der Waals surface area contributed by atoms with Crippen LogP contribution in [0.1, 0.15) is 26.7 Å². The van der Waals surface area contributed by atoms with Crippen molar-refractivity contribution in [3.63, 3.8) is 0 Å². The Labute approximate surface area is 111 Å². The fraction of sp³-hybridized carbons (Fsp3) is 0.500. The van der Waals surface area contributed by atoms with E-state index < -0.39 is 10.0 Å². The SMILES string of the molecule is CC1CCC(C)N1S(=O)(=O)c1cccc(Br)c1. The first kappa shape index (κ1) is 13.1. The summed E-state index contributed by atoms with van der Waals surface area (Å²) >= 11 is 3.31. The topological polar surface area (TPSA) is 37.4 Å². The zero-order valence-electron chi connectivity index (χ0n) is 9.93. The van der Waals surface area contributed by atoms with Gasteiger partial charge in [-0.15, -0.1) is 0 Å². The normalized spacial score (nSPS) is 26.3. The maximum absolute atomic E-state index is 12.5. The minimum atomic E-state index is -3.36. The smallest absolute Gasteiger partial charge is 0.207 e. The summed E-state index contributed by atoms with van der Waals surface area (Å²) in [6.07, 6.45) is 1.88. The molecule has 1 aromatic rings. The van der Waals surface area contributed by atoms with Crippen molar-refractivity contribution in [3.05, 3.63) is 28.7 Å². The van der Waals surface area contributed by atoms with Gasteiger partial charge in [-0.1, -0.05) is 22.0 Å². The van der Waals surface area contributed by atoms with Crippen LogP contribution in [-0.4, -0.2) is 24.8 Å². The van der Waals surface area contributed by atoms with Crippen molar-refractivity contribution in [3.8, 4) is 0 Å². The lowest BCUT2D eigenvalue weighted by Crippen LogP contribution is -2.38. The van der Waals surface area contributed by atoms with E-state index in [-0.39, 0.29) is 12.1 Å². The molecule has 0 amide bonds. The average Bonchev–Trinajstić information content (AvgIpc) is 2.59. The van der Waals surface area contributed by atoms with Gasteiger partial charge in [0.15, 0.2) is 0 Å².